The Morgan fingerprint density at radius 3 is 2.34 bits per heavy atom. The Labute approximate surface area is 321 Å². The number of aromatic carboxylic acids is 1. The van der Waals surface area contributed by atoms with Crippen LogP contribution < -0.4 is 35.3 Å². The number of nitrogens with zero attached hydrogens (tertiary/aromatic N) is 1. The van der Waals surface area contributed by atoms with Crippen molar-refractivity contribution in [3.63, 3.8) is 0 Å². The molecule has 0 aliphatic carbocycles. The number of hydrogen-bond donors (Lipinski definition) is 10. The molecule has 306 valence electrons. The van der Waals surface area contributed by atoms with E-state index in [2.05, 4.69) is 15.6 Å². The van der Waals surface area contributed by atoms with Gasteiger partial charge in [0.2, 0.25) is 17.8 Å². The van der Waals surface area contributed by atoms with Gasteiger partial charge in [0.25, 0.3) is 0 Å². The number of unbranched alkanes of at least 4 members (excludes halogenated alkanes) is 1. The van der Waals surface area contributed by atoms with Gasteiger partial charge in [-0.1, -0.05) is 30.3 Å². The Morgan fingerprint density at radius 2 is 1.66 bits per heavy atom. The zero-order valence-electron chi connectivity index (χ0n) is 30.8. The third-order valence-electron chi connectivity index (χ3n) is 8.43. The van der Waals surface area contributed by atoms with Crippen LogP contribution in [-0.4, -0.2) is 131 Å². The minimum Gasteiger partial charge on any atom is -0.504 e. The molecule has 0 spiro atoms. The quantitative estimate of drug-likeness (QED) is 0.0329. The number of benzene rings is 3. The number of phenols is 2. The Hall–Kier alpha value is -5.73. The van der Waals surface area contributed by atoms with Crippen molar-refractivity contribution in [3.8, 4) is 34.5 Å². The number of nitrogens with one attached hydrogen (secondary N) is 2. The van der Waals surface area contributed by atoms with Gasteiger partial charge in [-0.2, -0.15) is 0 Å². The number of ether oxygens (including phenoxy) is 6. The van der Waals surface area contributed by atoms with E-state index in [-0.39, 0.29) is 47.7 Å². The van der Waals surface area contributed by atoms with E-state index in [0.29, 0.717) is 32.4 Å². The van der Waals surface area contributed by atoms with Crippen LogP contribution in [0.1, 0.15) is 46.0 Å². The third kappa shape index (κ3) is 11.2. The first-order valence-corrected chi connectivity index (χ1v) is 17.7. The van der Waals surface area contributed by atoms with Crippen molar-refractivity contribution >= 4 is 23.6 Å². The average molecular weight is 789 g/mol. The summed E-state index contributed by atoms with van der Waals surface area (Å²) in [6.07, 6.45) is -7.22. The summed E-state index contributed by atoms with van der Waals surface area (Å²) in [7, 11) is 1.23. The second kappa shape index (κ2) is 20.8. The number of nitrogens with two attached hydrogens (primary N) is 1. The SMILES string of the molecule is CCNc1cc(OC2OC(COC(=O)c3cc(OC)c(O)c(OCCc4ccccc4)c3O)C(O)C(O)C2O)c(OCN=C(N)NCCCCO)cc1C(=O)O. The smallest absolute Gasteiger partial charge is 0.342 e. The summed E-state index contributed by atoms with van der Waals surface area (Å²) >= 11 is 0. The van der Waals surface area contributed by atoms with Gasteiger partial charge in [-0.05, 0) is 25.3 Å². The summed E-state index contributed by atoms with van der Waals surface area (Å²) in [4.78, 5) is 29.4. The number of phenolic OH excluding ortho intramolecular Hbond substituents is 2. The van der Waals surface area contributed by atoms with Gasteiger partial charge in [0.05, 0.1) is 25.0 Å². The molecular formula is C37H48N4O15. The van der Waals surface area contributed by atoms with E-state index in [0.717, 1.165) is 17.7 Å². The van der Waals surface area contributed by atoms with Crippen LogP contribution in [0.3, 0.4) is 0 Å². The summed E-state index contributed by atoms with van der Waals surface area (Å²) in [5.41, 5.74) is 6.23. The first-order chi connectivity index (χ1) is 26.9. The lowest BCUT2D eigenvalue weighted by Gasteiger charge is -2.40. The van der Waals surface area contributed by atoms with Crippen LogP contribution >= 0.6 is 0 Å². The highest BCUT2D eigenvalue weighted by atomic mass is 16.7. The largest absolute Gasteiger partial charge is 0.504 e. The summed E-state index contributed by atoms with van der Waals surface area (Å²) in [5, 5.41) is 78.4. The van der Waals surface area contributed by atoms with Crippen LogP contribution in [0, 0.1) is 0 Å². The number of methoxy groups -OCH3 is 1. The molecule has 0 amide bonds. The molecule has 0 aromatic heterocycles. The number of guanidine groups is 1. The molecule has 4 rings (SSSR count). The summed E-state index contributed by atoms with van der Waals surface area (Å²) in [5.74, 6) is -4.73. The first-order valence-electron chi connectivity index (χ1n) is 17.7. The van der Waals surface area contributed by atoms with Crippen LogP contribution in [0.2, 0.25) is 0 Å². The maximum atomic E-state index is 13.3. The predicted octanol–water partition coefficient (Wildman–Crippen LogP) is 0.914. The van der Waals surface area contributed by atoms with E-state index in [1.54, 1.807) is 6.92 Å². The Kier molecular flexibility index (Phi) is 16.0. The monoisotopic (exact) mass is 788 g/mol. The van der Waals surface area contributed by atoms with Crippen molar-refractivity contribution in [2.24, 2.45) is 10.7 Å². The number of carboxylic acids is 1. The van der Waals surface area contributed by atoms with E-state index in [9.17, 15) is 40.2 Å². The molecule has 19 nitrogen and oxygen atoms in total. The highest BCUT2D eigenvalue weighted by molar-refractivity contribution is 5.96. The molecule has 1 aliphatic heterocycles. The number of carbonyl (C=O) groups is 2. The van der Waals surface area contributed by atoms with E-state index >= 15 is 0 Å². The Bertz CT molecular complexity index is 1800. The van der Waals surface area contributed by atoms with Crippen molar-refractivity contribution in [3.05, 3.63) is 65.2 Å². The molecule has 1 aliphatic rings. The molecule has 0 radical (unpaired) electrons. The summed E-state index contributed by atoms with van der Waals surface area (Å²) in [6.45, 7) is 1.37. The number of rotatable bonds is 20. The Morgan fingerprint density at radius 1 is 0.929 bits per heavy atom. The van der Waals surface area contributed by atoms with Crippen molar-refractivity contribution in [1.82, 2.24) is 5.32 Å². The number of aliphatic hydroxyl groups is 4. The van der Waals surface area contributed by atoms with Gasteiger partial charge in [0, 0.05) is 44.3 Å². The van der Waals surface area contributed by atoms with E-state index in [4.69, 9.17) is 39.3 Å². The van der Waals surface area contributed by atoms with E-state index in [1.165, 1.54) is 13.2 Å². The van der Waals surface area contributed by atoms with Crippen molar-refractivity contribution in [2.45, 2.75) is 56.9 Å². The second-order valence-corrected chi connectivity index (χ2v) is 12.3. The number of aliphatic imine (C=N–C) groups is 1. The molecule has 3 aromatic rings. The van der Waals surface area contributed by atoms with Crippen molar-refractivity contribution < 1.29 is 73.8 Å². The molecule has 11 N–H and O–H groups in total. The van der Waals surface area contributed by atoms with Crippen LogP contribution in [0.25, 0.3) is 0 Å². The third-order valence-corrected chi connectivity index (χ3v) is 8.43. The van der Waals surface area contributed by atoms with Crippen LogP contribution in [0.5, 0.6) is 34.5 Å². The van der Waals surface area contributed by atoms with Gasteiger partial charge >= 0.3 is 11.9 Å². The topological polar surface area (TPSA) is 294 Å². The fraction of sp³-hybridized carbons (Fsp3) is 0.432. The Balaban J connectivity index is 1.51. The molecule has 1 fully saturated rings. The molecule has 0 bridgehead atoms. The number of hydrogen-bond acceptors (Lipinski definition) is 16. The summed E-state index contributed by atoms with van der Waals surface area (Å²) < 4.78 is 33.4. The van der Waals surface area contributed by atoms with Crippen LogP contribution in [-0.2, 0) is 15.9 Å². The van der Waals surface area contributed by atoms with Gasteiger partial charge in [-0.25, -0.2) is 14.6 Å². The van der Waals surface area contributed by atoms with Gasteiger partial charge < -0.3 is 80.5 Å². The predicted molar refractivity (Wildman–Crippen MR) is 199 cm³/mol. The van der Waals surface area contributed by atoms with Gasteiger partial charge in [0.15, 0.2) is 35.7 Å². The molecule has 1 heterocycles. The molecule has 0 saturated carbocycles. The van der Waals surface area contributed by atoms with Gasteiger partial charge in [-0.15, -0.1) is 0 Å². The average Bonchev–Trinajstić information content (AvgIpc) is 3.18. The van der Waals surface area contributed by atoms with Crippen LogP contribution in [0.15, 0.2) is 53.5 Å². The van der Waals surface area contributed by atoms with Gasteiger partial charge in [-0.3, -0.25) is 0 Å². The molecular weight excluding hydrogens is 740 g/mol. The minimum atomic E-state index is -1.89. The fourth-order valence-electron chi connectivity index (χ4n) is 5.45. The lowest BCUT2D eigenvalue weighted by Crippen LogP contribution is -2.60. The molecule has 56 heavy (non-hydrogen) atoms. The van der Waals surface area contributed by atoms with E-state index < -0.39 is 78.8 Å². The molecule has 5 atom stereocenters. The maximum Gasteiger partial charge on any atom is 0.342 e. The maximum absolute atomic E-state index is 13.3. The van der Waals surface area contributed by atoms with Crippen LogP contribution in [0.4, 0.5) is 5.69 Å². The zero-order chi connectivity index (χ0) is 40.8. The number of carbonyl (C=O) groups excluding carboxylic acids is 1. The van der Waals surface area contributed by atoms with Crippen molar-refractivity contribution in [2.75, 3.05) is 52.1 Å². The zero-order valence-corrected chi connectivity index (χ0v) is 30.8. The lowest BCUT2D eigenvalue weighted by molar-refractivity contribution is -0.277. The normalized spacial score (nSPS) is 19.5. The number of esters is 1. The molecule has 1 saturated heterocycles. The summed E-state index contributed by atoms with van der Waals surface area (Å²) in [6, 6.07) is 12.7. The fourth-order valence-corrected chi connectivity index (χ4v) is 5.45. The number of aromatic hydroxyl groups is 2. The molecule has 19 heteroatoms. The van der Waals surface area contributed by atoms with Crippen molar-refractivity contribution in [1.29, 1.82) is 0 Å². The number of aliphatic hydroxyl groups excluding tert-OH is 4. The van der Waals surface area contributed by atoms with E-state index in [1.807, 2.05) is 30.3 Å². The highest BCUT2D eigenvalue weighted by Crippen LogP contribution is 2.46. The lowest BCUT2D eigenvalue weighted by atomic mass is 9.99. The highest BCUT2D eigenvalue weighted by Gasteiger charge is 2.46. The molecule has 3 aromatic carbocycles. The number of anilines is 1. The number of carboxylic acid groups (broad SMARTS) is 1. The first kappa shape index (κ1) is 43.0. The second-order valence-electron chi connectivity index (χ2n) is 12.3. The minimum absolute atomic E-state index is 0.0135. The standard InChI is InChI=1S/C37H48N4O15/c1-3-39-23-17-25(24(15-21(23)34(48)49)54-19-41-37(38)40-12-7-8-13-42)55-36-32(47)31(46)29(44)27(56-36)18-53-35(50)22-16-26(51-2)30(45)33(28(22)43)52-14-11-20-9-5-4-6-10-20/h4-6,9-10,15-17,27,29,31-32,36,39,42-47H,3,7-8,11-14,18-19H2,1-2H3,(H,48,49)(H3,38,40,41). The molecule has 5 unspecified atom stereocenters. The van der Waals surface area contributed by atoms with Gasteiger partial charge in [0.1, 0.15) is 36.6 Å².